The van der Waals surface area contributed by atoms with Crippen molar-refractivity contribution in [2.75, 3.05) is 20.2 Å². The molecular formula is C12H15F2NO3. The molecule has 6 heteroatoms. The van der Waals surface area contributed by atoms with Gasteiger partial charge in [0.2, 0.25) is 0 Å². The molecule has 1 aromatic carbocycles. The number of hydrogen-bond acceptors (Lipinski definition) is 4. The number of benzene rings is 1. The Bertz CT molecular complexity index is 384. The fourth-order valence-electron chi connectivity index (χ4n) is 1.37. The van der Waals surface area contributed by atoms with Gasteiger partial charge in [0.1, 0.15) is 0 Å². The number of hydroxylamine groups is 2. The molecule has 0 saturated carbocycles. The van der Waals surface area contributed by atoms with Gasteiger partial charge in [-0.05, 0) is 12.1 Å². The smallest absolute Gasteiger partial charge is 0.357 e. The molecule has 4 nitrogen and oxygen atoms in total. The molecule has 0 aliphatic carbocycles. The molecule has 0 aliphatic rings. The first-order valence-corrected chi connectivity index (χ1v) is 5.42. The minimum Gasteiger partial charge on any atom is -0.396 e. The van der Waals surface area contributed by atoms with Gasteiger partial charge in [-0.15, -0.1) is 5.06 Å². The van der Waals surface area contributed by atoms with Crippen molar-refractivity contribution in [1.29, 1.82) is 0 Å². The van der Waals surface area contributed by atoms with Gasteiger partial charge in [-0.2, -0.15) is 0 Å². The third-order valence-electron chi connectivity index (χ3n) is 2.18. The topological polar surface area (TPSA) is 49.8 Å². The second-order valence-electron chi connectivity index (χ2n) is 3.86. The van der Waals surface area contributed by atoms with E-state index in [-0.39, 0.29) is 5.56 Å². The largest absolute Gasteiger partial charge is 0.396 e. The number of carbonyl (C=O) groups excluding carboxylic acids is 1. The molecule has 1 aromatic rings. The molecule has 0 spiro atoms. The number of rotatable bonds is 6. The van der Waals surface area contributed by atoms with Gasteiger partial charge in [0.25, 0.3) is 5.92 Å². The van der Waals surface area contributed by atoms with Gasteiger partial charge in [-0.25, -0.2) is 13.6 Å². The summed E-state index contributed by atoms with van der Waals surface area (Å²) in [5.74, 6) is -3.79. The van der Waals surface area contributed by atoms with Crippen molar-refractivity contribution in [2.45, 2.75) is 12.3 Å². The maximum atomic E-state index is 13.1. The molecule has 0 aliphatic heterocycles. The van der Waals surface area contributed by atoms with Gasteiger partial charge in [0.15, 0.2) is 0 Å². The van der Waals surface area contributed by atoms with Crippen LogP contribution in [0.2, 0.25) is 0 Å². The number of carbonyl (C=O) groups is 1. The van der Waals surface area contributed by atoms with E-state index in [0.717, 1.165) is 5.06 Å². The maximum Gasteiger partial charge on any atom is 0.357 e. The van der Waals surface area contributed by atoms with E-state index in [0.29, 0.717) is 0 Å². The fraction of sp³-hybridized carbons (Fsp3) is 0.417. The van der Waals surface area contributed by atoms with Crippen LogP contribution in [0.3, 0.4) is 0 Å². The molecular weight excluding hydrogens is 244 g/mol. The zero-order valence-electron chi connectivity index (χ0n) is 9.97. The first-order chi connectivity index (χ1) is 8.44. The van der Waals surface area contributed by atoms with E-state index >= 15 is 0 Å². The van der Waals surface area contributed by atoms with Gasteiger partial charge >= 0.3 is 5.97 Å². The van der Waals surface area contributed by atoms with Gasteiger partial charge in [0.05, 0.1) is 12.1 Å². The van der Waals surface area contributed by atoms with Crippen molar-refractivity contribution in [3.8, 4) is 0 Å². The molecule has 0 saturated heterocycles. The minimum atomic E-state index is -3.10. The SMILES string of the molecule is CN(CC(F)(F)CCO)OC(=O)c1ccccc1. The lowest BCUT2D eigenvalue weighted by atomic mass is 10.2. The van der Waals surface area contributed by atoms with Gasteiger partial charge in [-0.3, -0.25) is 0 Å². The van der Waals surface area contributed by atoms with Gasteiger partial charge in [-0.1, -0.05) is 18.2 Å². The summed E-state index contributed by atoms with van der Waals surface area (Å²) < 4.78 is 26.3. The molecule has 1 N–H and O–H groups in total. The third-order valence-corrected chi connectivity index (χ3v) is 2.18. The van der Waals surface area contributed by atoms with Crippen molar-refractivity contribution < 1.29 is 23.5 Å². The number of halogens is 2. The Morgan fingerprint density at radius 3 is 2.56 bits per heavy atom. The van der Waals surface area contributed by atoms with Gasteiger partial charge < -0.3 is 9.94 Å². The van der Waals surface area contributed by atoms with Crippen LogP contribution >= 0.6 is 0 Å². The van der Waals surface area contributed by atoms with E-state index < -0.39 is 31.5 Å². The zero-order valence-corrected chi connectivity index (χ0v) is 9.97. The highest BCUT2D eigenvalue weighted by molar-refractivity contribution is 5.89. The summed E-state index contributed by atoms with van der Waals surface area (Å²) in [6.45, 7) is -1.38. The highest BCUT2D eigenvalue weighted by atomic mass is 19.3. The molecule has 0 heterocycles. The average molecular weight is 259 g/mol. The lowest BCUT2D eigenvalue weighted by Crippen LogP contribution is -2.36. The summed E-state index contributed by atoms with van der Waals surface area (Å²) in [6.07, 6.45) is -0.666. The van der Waals surface area contributed by atoms with Crippen molar-refractivity contribution in [3.05, 3.63) is 35.9 Å². The highest BCUT2D eigenvalue weighted by Crippen LogP contribution is 2.19. The highest BCUT2D eigenvalue weighted by Gasteiger charge is 2.31. The predicted molar refractivity (Wildman–Crippen MR) is 61.1 cm³/mol. The number of aliphatic hydroxyl groups excluding tert-OH is 1. The Labute approximate surface area is 104 Å². The molecule has 1 rings (SSSR count). The summed E-state index contributed by atoms with van der Waals surface area (Å²) >= 11 is 0. The Kier molecular flexibility index (Phi) is 5.18. The molecule has 0 unspecified atom stereocenters. The molecule has 0 amide bonds. The second-order valence-corrected chi connectivity index (χ2v) is 3.86. The quantitative estimate of drug-likeness (QED) is 0.790. The maximum absolute atomic E-state index is 13.1. The number of nitrogens with zero attached hydrogens (tertiary/aromatic N) is 1. The van der Waals surface area contributed by atoms with Crippen LogP contribution in [0.25, 0.3) is 0 Å². The first kappa shape index (κ1) is 14.5. The molecule has 0 atom stereocenters. The predicted octanol–water partition coefficient (Wildman–Crippen LogP) is 1.71. The normalized spacial score (nSPS) is 11.6. The molecule has 0 bridgehead atoms. The first-order valence-electron chi connectivity index (χ1n) is 5.42. The Morgan fingerprint density at radius 1 is 1.39 bits per heavy atom. The van der Waals surface area contributed by atoms with Crippen molar-refractivity contribution in [2.24, 2.45) is 0 Å². The third kappa shape index (κ3) is 4.77. The lowest BCUT2D eigenvalue weighted by molar-refractivity contribution is -0.149. The van der Waals surface area contributed by atoms with Crippen LogP contribution in [0.1, 0.15) is 16.8 Å². The van der Waals surface area contributed by atoms with E-state index in [2.05, 4.69) is 0 Å². The van der Waals surface area contributed by atoms with Gasteiger partial charge in [0, 0.05) is 20.1 Å². The molecule has 100 valence electrons. The summed E-state index contributed by atoms with van der Waals surface area (Å²) in [7, 11) is 1.24. The number of hydrogen-bond donors (Lipinski definition) is 1. The Hall–Kier alpha value is -1.53. The Balaban J connectivity index is 2.50. The number of alkyl halides is 2. The van der Waals surface area contributed by atoms with Crippen LogP contribution in [0.15, 0.2) is 30.3 Å². The van der Waals surface area contributed by atoms with Crippen LogP contribution in [-0.2, 0) is 4.84 Å². The van der Waals surface area contributed by atoms with Crippen LogP contribution in [0.5, 0.6) is 0 Å². The molecule has 0 fully saturated rings. The van der Waals surface area contributed by atoms with Crippen LogP contribution in [-0.4, -0.2) is 42.3 Å². The summed E-state index contributed by atoms with van der Waals surface area (Å²) in [5, 5.41) is 9.24. The van der Waals surface area contributed by atoms with E-state index in [1.165, 1.54) is 19.2 Å². The van der Waals surface area contributed by atoms with Crippen molar-refractivity contribution >= 4 is 5.97 Å². The van der Waals surface area contributed by atoms with E-state index in [1.54, 1.807) is 18.2 Å². The van der Waals surface area contributed by atoms with Crippen LogP contribution < -0.4 is 0 Å². The number of aliphatic hydroxyl groups is 1. The van der Waals surface area contributed by atoms with E-state index in [4.69, 9.17) is 9.94 Å². The molecule has 0 aromatic heterocycles. The van der Waals surface area contributed by atoms with Crippen molar-refractivity contribution in [3.63, 3.8) is 0 Å². The van der Waals surface area contributed by atoms with Crippen molar-refractivity contribution in [1.82, 2.24) is 5.06 Å². The van der Waals surface area contributed by atoms with Crippen LogP contribution in [0.4, 0.5) is 8.78 Å². The Morgan fingerprint density at radius 2 is 2.00 bits per heavy atom. The molecule has 0 radical (unpaired) electrons. The standard InChI is InChI=1S/C12H15F2NO3/c1-15(9-12(13,14)7-8-16)18-11(17)10-5-3-2-4-6-10/h2-6,16H,7-9H2,1H3. The van der Waals surface area contributed by atoms with E-state index in [9.17, 15) is 13.6 Å². The monoisotopic (exact) mass is 259 g/mol. The second kappa shape index (κ2) is 6.42. The fourth-order valence-corrected chi connectivity index (χ4v) is 1.37. The van der Waals surface area contributed by atoms with Crippen LogP contribution in [0, 0.1) is 0 Å². The minimum absolute atomic E-state index is 0.287. The average Bonchev–Trinajstić information content (AvgIpc) is 2.28. The summed E-state index contributed by atoms with van der Waals surface area (Å²) in [5.41, 5.74) is 0.287. The molecule has 18 heavy (non-hydrogen) atoms. The summed E-state index contributed by atoms with van der Waals surface area (Å²) in [6, 6.07) is 8.09. The van der Waals surface area contributed by atoms with E-state index in [1.807, 2.05) is 0 Å². The lowest BCUT2D eigenvalue weighted by Gasteiger charge is -2.22. The zero-order chi connectivity index (χ0) is 13.6. The summed E-state index contributed by atoms with van der Waals surface area (Å²) in [4.78, 5) is 16.3.